The largest absolute Gasteiger partial charge is 0.481 e. The van der Waals surface area contributed by atoms with Crippen molar-refractivity contribution < 1.29 is 31.5 Å². The minimum atomic E-state index is -4.38. The second-order valence-corrected chi connectivity index (χ2v) is 6.82. The summed E-state index contributed by atoms with van der Waals surface area (Å²) in [5.74, 6) is -3.08. The molecule has 0 saturated heterocycles. The van der Waals surface area contributed by atoms with Gasteiger partial charge < -0.3 is 5.11 Å². The molecule has 0 radical (unpaired) electrons. The van der Waals surface area contributed by atoms with E-state index in [-0.39, 0.29) is 10.6 Å². The molecule has 10 heteroatoms. The molecule has 1 aromatic carbocycles. The normalized spacial score (nSPS) is 12.1. The number of carboxylic acid groups (broad SMARTS) is 1. The van der Waals surface area contributed by atoms with Gasteiger partial charge in [-0.2, -0.15) is 13.2 Å². The van der Waals surface area contributed by atoms with Crippen LogP contribution in [0.15, 0.2) is 29.2 Å². The third kappa shape index (κ3) is 7.23. The zero-order valence-corrected chi connectivity index (χ0v) is 12.2. The van der Waals surface area contributed by atoms with Gasteiger partial charge in [0.15, 0.2) is 0 Å². The molecule has 0 aliphatic carbocycles. The Morgan fingerprint density at radius 3 is 2.48 bits per heavy atom. The summed E-state index contributed by atoms with van der Waals surface area (Å²) in [6, 6.07) is 5.61. The molecule has 0 spiro atoms. The highest BCUT2D eigenvalue weighted by Crippen LogP contribution is 2.32. The summed E-state index contributed by atoms with van der Waals surface area (Å²) in [7, 11) is -3.93. The van der Waals surface area contributed by atoms with E-state index >= 15 is 0 Å². The molecule has 0 aliphatic heterocycles. The van der Waals surface area contributed by atoms with Gasteiger partial charge in [0, 0.05) is 4.90 Å². The van der Waals surface area contributed by atoms with Crippen molar-refractivity contribution in [1.29, 1.82) is 0 Å². The Morgan fingerprint density at radius 2 is 1.90 bits per heavy atom. The first-order valence-corrected chi connectivity index (χ1v) is 8.24. The van der Waals surface area contributed by atoms with Crippen LogP contribution in [-0.4, -0.2) is 37.2 Å². The molecule has 0 heterocycles. The summed E-state index contributed by atoms with van der Waals surface area (Å²) in [4.78, 5) is 10.5. The molecule has 0 aromatic heterocycles. The molecular formula is C11H12F3NO4S2. The lowest BCUT2D eigenvalue weighted by molar-refractivity contribution is -0.136. The van der Waals surface area contributed by atoms with Gasteiger partial charge in [0.2, 0.25) is 10.0 Å². The smallest absolute Gasteiger partial charge is 0.398 e. The number of nitrogens with one attached hydrogen (secondary N) is 1. The molecular weight excluding hydrogens is 331 g/mol. The maximum Gasteiger partial charge on any atom is 0.398 e. The van der Waals surface area contributed by atoms with E-state index in [1.807, 2.05) is 0 Å². The van der Waals surface area contributed by atoms with Gasteiger partial charge in [0.05, 0.1) is 23.6 Å². The molecule has 118 valence electrons. The molecule has 0 atom stereocenters. The molecule has 0 amide bonds. The Balaban J connectivity index is 2.81. The fraction of sp³-hybridized carbons (Fsp3) is 0.364. The highest BCUT2D eigenvalue weighted by molar-refractivity contribution is 7.99. The number of rotatable bonds is 7. The lowest BCUT2D eigenvalue weighted by Gasteiger charge is -2.12. The summed E-state index contributed by atoms with van der Waals surface area (Å²) in [5.41, 5.74) is -0.00265. The number of thioether (sulfide) groups is 1. The van der Waals surface area contributed by atoms with Crippen LogP contribution in [0, 0.1) is 0 Å². The summed E-state index contributed by atoms with van der Waals surface area (Å²) >= 11 is 0.451. The molecule has 5 nitrogen and oxygen atoms in total. The van der Waals surface area contributed by atoms with E-state index in [0.29, 0.717) is 11.8 Å². The molecule has 1 aromatic rings. The van der Waals surface area contributed by atoms with Crippen LogP contribution >= 0.6 is 11.8 Å². The number of halogens is 3. The Hall–Kier alpha value is -1.42. The van der Waals surface area contributed by atoms with E-state index in [1.54, 1.807) is 0 Å². The highest BCUT2D eigenvalue weighted by atomic mass is 32.2. The summed E-state index contributed by atoms with van der Waals surface area (Å²) in [6.45, 7) is 0. The Morgan fingerprint density at radius 1 is 1.29 bits per heavy atom. The van der Waals surface area contributed by atoms with Crippen LogP contribution in [0.1, 0.15) is 6.42 Å². The van der Waals surface area contributed by atoms with E-state index in [0.717, 1.165) is 0 Å². The fourth-order valence-electron chi connectivity index (χ4n) is 1.28. The van der Waals surface area contributed by atoms with Crippen LogP contribution in [0.2, 0.25) is 0 Å². The number of hydrogen-bond donors (Lipinski definition) is 2. The number of alkyl halides is 3. The number of hydrogen-bond acceptors (Lipinski definition) is 4. The number of aliphatic carboxylic acids is 1. The predicted molar refractivity (Wildman–Crippen MR) is 72.9 cm³/mol. The first kappa shape index (κ1) is 17.6. The first-order chi connectivity index (χ1) is 9.59. The monoisotopic (exact) mass is 343 g/mol. The Kier molecular flexibility index (Phi) is 5.90. The molecule has 0 fully saturated rings. The summed E-state index contributed by atoms with van der Waals surface area (Å²) in [6.07, 6.45) is -4.97. The number of carbonyl (C=O) groups is 1. The van der Waals surface area contributed by atoms with E-state index in [9.17, 15) is 26.4 Å². The zero-order chi connectivity index (χ0) is 16.1. The molecule has 2 N–H and O–H groups in total. The first-order valence-electron chi connectivity index (χ1n) is 5.60. The van der Waals surface area contributed by atoms with Crippen molar-refractivity contribution in [2.75, 3.05) is 16.2 Å². The summed E-state index contributed by atoms with van der Waals surface area (Å²) in [5, 5.41) is 8.45. The predicted octanol–water partition coefficient (Wildman–Crippen LogP) is 2.56. The van der Waals surface area contributed by atoms with Gasteiger partial charge in [-0.3, -0.25) is 9.52 Å². The molecule has 0 aliphatic rings. The molecule has 0 unspecified atom stereocenters. The van der Waals surface area contributed by atoms with Crippen molar-refractivity contribution >= 4 is 33.4 Å². The molecule has 1 rings (SSSR count). The van der Waals surface area contributed by atoms with Crippen molar-refractivity contribution in [2.45, 2.75) is 17.5 Å². The van der Waals surface area contributed by atoms with Crippen molar-refractivity contribution in [3.8, 4) is 0 Å². The number of sulfonamides is 1. The van der Waals surface area contributed by atoms with Gasteiger partial charge in [-0.25, -0.2) is 8.42 Å². The zero-order valence-electron chi connectivity index (χ0n) is 10.6. The van der Waals surface area contributed by atoms with Gasteiger partial charge in [-0.1, -0.05) is 12.1 Å². The van der Waals surface area contributed by atoms with Crippen LogP contribution in [0.3, 0.4) is 0 Å². The van der Waals surface area contributed by atoms with Crippen LogP contribution < -0.4 is 4.72 Å². The van der Waals surface area contributed by atoms with Gasteiger partial charge in [0.25, 0.3) is 0 Å². The van der Waals surface area contributed by atoms with E-state index in [2.05, 4.69) is 4.72 Å². The van der Waals surface area contributed by atoms with Crippen molar-refractivity contribution in [2.24, 2.45) is 0 Å². The minimum Gasteiger partial charge on any atom is -0.481 e. The van der Waals surface area contributed by atoms with Crippen LogP contribution in [0.25, 0.3) is 0 Å². The average Bonchev–Trinajstić information content (AvgIpc) is 2.34. The number of anilines is 1. The molecule has 0 bridgehead atoms. The fourth-order valence-corrected chi connectivity index (χ4v) is 3.17. The van der Waals surface area contributed by atoms with Crippen molar-refractivity contribution in [3.05, 3.63) is 24.3 Å². The Bertz CT molecular complexity index is 602. The van der Waals surface area contributed by atoms with E-state index in [1.165, 1.54) is 24.3 Å². The number of para-hydroxylation sites is 1. The van der Waals surface area contributed by atoms with Crippen molar-refractivity contribution in [3.63, 3.8) is 0 Å². The second-order valence-electron chi connectivity index (χ2n) is 3.96. The number of carboxylic acids is 1. The topological polar surface area (TPSA) is 83.5 Å². The van der Waals surface area contributed by atoms with E-state index < -0.39 is 40.1 Å². The molecule has 21 heavy (non-hydrogen) atoms. The maximum atomic E-state index is 12.2. The summed E-state index contributed by atoms with van der Waals surface area (Å²) < 4.78 is 62.0. The van der Waals surface area contributed by atoms with Gasteiger partial charge in [0.1, 0.15) is 0 Å². The lowest BCUT2D eigenvalue weighted by Crippen LogP contribution is -2.19. The van der Waals surface area contributed by atoms with Crippen molar-refractivity contribution in [1.82, 2.24) is 0 Å². The lowest BCUT2D eigenvalue weighted by atomic mass is 10.3. The van der Waals surface area contributed by atoms with Gasteiger partial charge in [-0.05, 0) is 12.1 Å². The SMILES string of the molecule is O=C(O)CCS(=O)(=O)Nc1ccccc1SCC(F)(F)F. The maximum absolute atomic E-state index is 12.2. The average molecular weight is 343 g/mol. The highest BCUT2D eigenvalue weighted by Gasteiger charge is 2.28. The number of benzene rings is 1. The van der Waals surface area contributed by atoms with Gasteiger partial charge in [-0.15, -0.1) is 11.8 Å². The molecule has 0 saturated carbocycles. The van der Waals surface area contributed by atoms with Crippen LogP contribution in [0.4, 0.5) is 18.9 Å². The quantitative estimate of drug-likeness (QED) is 0.744. The standard InChI is InChI=1S/C11H12F3NO4S2/c12-11(13,14)7-20-9-4-2-1-3-8(9)15-21(18,19)6-5-10(16)17/h1-4,15H,5-7H2,(H,16,17). The third-order valence-electron chi connectivity index (χ3n) is 2.13. The van der Waals surface area contributed by atoms with Crippen LogP contribution in [0.5, 0.6) is 0 Å². The minimum absolute atomic E-state index is 0.00265. The van der Waals surface area contributed by atoms with E-state index in [4.69, 9.17) is 5.11 Å². The van der Waals surface area contributed by atoms with Crippen LogP contribution in [-0.2, 0) is 14.8 Å². The Labute approximate surface area is 123 Å². The second kappa shape index (κ2) is 7.03. The van der Waals surface area contributed by atoms with Gasteiger partial charge >= 0.3 is 12.1 Å². The third-order valence-corrected chi connectivity index (χ3v) is 4.54.